The molecule has 0 aromatic carbocycles. The Morgan fingerprint density at radius 3 is 2.73 bits per heavy atom. The third kappa shape index (κ3) is 3.20. The molecule has 0 atom stereocenters. The Kier molecular flexibility index (Phi) is 4.66. The number of nitrogens with one attached hydrogen (secondary N) is 3. The molecule has 26 heavy (non-hydrogen) atoms. The van der Waals surface area contributed by atoms with Gasteiger partial charge in [-0.3, -0.25) is 10.2 Å². The first-order chi connectivity index (χ1) is 12.7. The number of carbonyl (C=O) groups excluding carboxylic acids is 1. The number of pyridine rings is 1. The molecule has 2 aromatic heterocycles. The SMILES string of the molecule is N=CC(=N)c1cc(N2CCOCC2)c2sc(C(=O)NC3COC3)cc2n1. The number of rotatable bonds is 5. The van der Waals surface area contributed by atoms with E-state index in [2.05, 4.69) is 15.2 Å². The molecule has 0 spiro atoms. The van der Waals surface area contributed by atoms with Gasteiger partial charge in [-0.25, -0.2) is 4.98 Å². The number of morpholine rings is 1. The minimum absolute atomic E-state index is 0.0465. The summed E-state index contributed by atoms with van der Waals surface area (Å²) in [5.74, 6) is -0.127. The van der Waals surface area contributed by atoms with Gasteiger partial charge in [-0.1, -0.05) is 0 Å². The van der Waals surface area contributed by atoms with Gasteiger partial charge >= 0.3 is 0 Å². The molecule has 2 fully saturated rings. The van der Waals surface area contributed by atoms with Crippen molar-refractivity contribution in [1.82, 2.24) is 10.3 Å². The summed E-state index contributed by atoms with van der Waals surface area (Å²) in [6.45, 7) is 3.87. The van der Waals surface area contributed by atoms with Gasteiger partial charge in [0.2, 0.25) is 0 Å². The van der Waals surface area contributed by atoms with Crippen LogP contribution < -0.4 is 10.2 Å². The average Bonchev–Trinajstić information content (AvgIpc) is 3.08. The lowest BCUT2D eigenvalue weighted by molar-refractivity contribution is -0.00338. The van der Waals surface area contributed by atoms with Gasteiger partial charge in [-0.05, 0) is 12.1 Å². The zero-order valence-electron chi connectivity index (χ0n) is 14.1. The first-order valence-electron chi connectivity index (χ1n) is 8.41. The first kappa shape index (κ1) is 17.1. The largest absolute Gasteiger partial charge is 0.378 e. The number of nitrogens with zero attached hydrogens (tertiary/aromatic N) is 2. The second-order valence-electron chi connectivity index (χ2n) is 6.22. The number of anilines is 1. The van der Waals surface area contributed by atoms with E-state index in [1.54, 1.807) is 6.07 Å². The Bertz CT molecular complexity index is 871. The minimum Gasteiger partial charge on any atom is -0.378 e. The molecule has 0 unspecified atom stereocenters. The van der Waals surface area contributed by atoms with Gasteiger partial charge in [0.1, 0.15) is 0 Å². The van der Waals surface area contributed by atoms with Crippen molar-refractivity contribution in [2.45, 2.75) is 6.04 Å². The number of thiophene rings is 1. The predicted molar refractivity (Wildman–Crippen MR) is 100 cm³/mol. The van der Waals surface area contributed by atoms with E-state index in [0.717, 1.165) is 29.7 Å². The van der Waals surface area contributed by atoms with Crippen molar-refractivity contribution in [2.75, 3.05) is 44.4 Å². The Morgan fingerprint density at radius 1 is 1.31 bits per heavy atom. The van der Waals surface area contributed by atoms with Crippen LogP contribution in [0.4, 0.5) is 5.69 Å². The predicted octanol–water partition coefficient (Wildman–Crippen LogP) is 1.28. The van der Waals surface area contributed by atoms with Crippen LogP contribution in [0.1, 0.15) is 15.4 Å². The van der Waals surface area contributed by atoms with Crippen molar-refractivity contribution >= 4 is 45.1 Å². The lowest BCUT2D eigenvalue weighted by atomic mass is 10.2. The Hall–Kier alpha value is -2.36. The van der Waals surface area contributed by atoms with Crippen LogP contribution in [0.3, 0.4) is 0 Å². The second kappa shape index (κ2) is 7.10. The van der Waals surface area contributed by atoms with Crippen molar-refractivity contribution in [3.8, 4) is 0 Å². The Labute approximate surface area is 154 Å². The summed E-state index contributed by atoms with van der Waals surface area (Å²) in [4.78, 5) is 19.8. The number of amides is 1. The topological polar surface area (TPSA) is 111 Å². The smallest absolute Gasteiger partial charge is 0.261 e. The molecule has 9 heteroatoms. The van der Waals surface area contributed by atoms with Crippen LogP contribution in [0.15, 0.2) is 12.1 Å². The summed E-state index contributed by atoms with van der Waals surface area (Å²) in [7, 11) is 0. The molecule has 0 saturated carbocycles. The molecular formula is C17H19N5O3S. The fourth-order valence-electron chi connectivity index (χ4n) is 2.94. The van der Waals surface area contributed by atoms with Crippen molar-refractivity contribution in [3.63, 3.8) is 0 Å². The van der Waals surface area contributed by atoms with E-state index in [4.69, 9.17) is 20.3 Å². The molecule has 0 bridgehead atoms. The van der Waals surface area contributed by atoms with Crippen LogP contribution in [-0.2, 0) is 9.47 Å². The van der Waals surface area contributed by atoms with Crippen LogP contribution in [0.5, 0.6) is 0 Å². The van der Waals surface area contributed by atoms with E-state index in [9.17, 15) is 4.79 Å². The van der Waals surface area contributed by atoms with E-state index in [-0.39, 0.29) is 17.7 Å². The minimum atomic E-state index is -0.127. The van der Waals surface area contributed by atoms with Crippen LogP contribution in [-0.4, -0.2) is 68.4 Å². The van der Waals surface area contributed by atoms with E-state index >= 15 is 0 Å². The molecule has 136 valence electrons. The van der Waals surface area contributed by atoms with Crippen molar-refractivity contribution < 1.29 is 14.3 Å². The summed E-state index contributed by atoms with van der Waals surface area (Å²) in [6, 6.07) is 3.67. The van der Waals surface area contributed by atoms with E-state index in [1.165, 1.54) is 11.3 Å². The van der Waals surface area contributed by atoms with Crippen molar-refractivity contribution in [3.05, 3.63) is 22.7 Å². The van der Waals surface area contributed by atoms with Gasteiger partial charge in [0, 0.05) is 19.3 Å². The van der Waals surface area contributed by atoms with Crippen LogP contribution >= 0.6 is 11.3 Å². The summed E-state index contributed by atoms with van der Waals surface area (Å²) in [5.41, 5.74) is 2.10. The molecule has 1 amide bonds. The quantitative estimate of drug-likeness (QED) is 0.684. The normalized spacial score (nSPS) is 17.8. The Balaban J connectivity index is 1.74. The van der Waals surface area contributed by atoms with Crippen molar-refractivity contribution in [2.24, 2.45) is 0 Å². The highest BCUT2D eigenvalue weighted by atomic mass is 32.1. The number of fused-ring (bicyclic) bond motifs is 1. The summed E-state index contributed by atoms with van der Waals surface area (Å²) < 4.78 is 11.4. The van der Waals surface area contributed by atoms with Crippen LogP contribution in [0, 0.1) is 10.8 Å². The summed E-state index contributed by atoms with van der Waals surface area (Å²) in [5, 5.41) is 18.2. The lowest BCUT2D eigenvalue weighted by Gasteiger charge is -2.29. The molecule has 4 heterocycles. The molecular weight excluding hydrogens is 354 g/mol. The molecule has 2 aliphatic heterocycles. The number of carbonyl (C=O) groups is 1. The van der Waals surface area contributed by atoms with E-state index in [0.29, 0.717) is 42.5 Å². The molecule has 0 aliphatic carbocycles. The fourth-order valence-corrected chi connectivity index (χ4v) is 3.99. The number of hydrogen-bond acceptors (Lipinski definition) is 8. The van der Waals surface area contributed by atoms with Crippen LogP contribution in [0.2, 0.25) is 0 Å². The highest BCUT2D eigenvalue weighted by molar-refractivity contribution is 7.21. The summed E-state index contributed by atoms with van der Waals surface area (Å²) in [6.07, 6.45) is 0.980. The maximum Gasteiger partial charge on any atom is 0.261 e. The van der Waals surface area contributed by atoms with Crippen molar-refractivity contribution in [1.29, 1.82) is 10.8 Å². The zero-order valence-corrected chi connectivity index (χ0v) is 14.9. The Morgan fingerprint density at radius 2 is 2.08 bits per heavy atom. The molecule has 8 nitrogen and oxygen atoms in total. The highest BCUT2D eigenvalue weighted by Crippen LogP contribution is 2.34. The lowest BCUT2D eigenvalue weighted by Crippen LogP contribution is -2.48. The van der Waals surface area contributed by atoms with Crippen LogP contribution in [0.25, 0.3) is 10.2 Å². The average molecular weight is 373 g/mol. The summed E-state index contributed by atoms with van der Waals surface area (Å²) >= 11 is 1.40. The van der Waals surface area contributed by atoms with E-state index in [1.807, 2.05) is 6.07 Å². The number of hydrogen-bond donors (Lipinski definition) is 3. The molecule has 2 aliphatic rings. The van der Waals surface area contributed by atoms with E-state index < -0.39 is 0 Å². The second-order valence-corrected chi connectivity index (χ2v) is 7.27. The van der Waals surface area contributed by atoms with Gasteiger partial charge < -0.3 is 25.1 Å². The van der Waals surface area contributed by atoms with Gasteiger partial charge in [-0.2, -0.15) is 0 Å². The third-order valence-electron chi connectivity index (χ3n) is 4.43. The standard InChI is InChI=1S/C17H19N5O3S/c18-7-11(19)12-5-14(22-1-3-24-4-2-22)16-13(21-12)6-15(26-16)17(23)20-10-8-25-9-10/h5-7,10,18-19H,1-4,8-9H2,(H,20,23). The molecule has 3 N–H and O–H groups in total. The zero-order chi connectivity index (χ0) is 18.1. The fraction of sp³-hybridized carbons (Fsp3) is 0.412. The maximum atomic E-state index is 12.5. The molecule has 4 rings (SSSR count). The molecule has 2 aromatic rings. The maximum absolute atomic E-state index is 12.5. The molecule has 0 radical (unpaired) electrons. The third-order valence-corrected chi connectivity index (χ3v) is 5.57. The van der Waals surface area contributed by atoms with Gasteiger partial charge in [0.15, 0.2) is 0 Å². The van der Waals surface area contributed by atoms with Gasteiger partial charge in [-0.15, -0.1) is 11.3 Å². The number of ether oxygens (including phenoxy) is 2. The van der Waals surface area contributed by atoms with Gasteiger partial charge in [0.25, 0.3) is 5.91 Å². The highest BCUT2D eigenvalue weighted by Gasteiger charge is 2.24. The molecule has 2 saturated heterocycles. The first-order valence-corrected chi connectivity index (χ1v) is 9.22. The monoisotopic (exact) mass is 373 g/mol. The van der Waals surface area contributed by atoms with Gasteiger partial charge in [0.05, 0.1) is 64.7 Å². The number of aromatic nitrogens is 1.